The topological polar surface area (TPSA) is 78.7 Å². The first-order valence-electron chi connectivity index (χ1n) is 8.09. The van der Waals surface area contributed by atoms with Crippen LogP contribution in [0.5, 0.6) is 0 Å². The van der Waals surface area contributed by atoms with Gasteiger partial charge >= 0.3 is 0 Å². The third kappa shape index (κ3) is 3.62. The summed E-state index contributed by atoms with van der Waals surface area (Å²) in [6.07, 6.45) is 3.01. The molecule has 3 rings (SSSR count). The molecule has 2 aliphatic heterocycles. The molecule has 24 heavy (non-hydrogen) atoms. The number of hydrogen-bond acceptors (Lipinski definition) is 5. The van der Waals surface area contributed by atoms with E-state index in [0.29, 0.717) is 11.3 Å². The highest BCUT2D eigenvalue weighted by atomic mass is 35.5. The lowest BCUT2D eigenvalue weighted by atomic mass is 10.1. The minimum Gasteiger partial charge on any atom is -0.366 e. The highest BCUT2D eigenvalue weighted by Crippen LogP contribution is 2.32. The van der Waals surface area contributed by atoms with Crippen LogP contribution in [0.1, 0.15) is 29.6 Å². The molecule has 0 bridgehead atoms. The molecule has 132 valence electrons. The van der Waals surface area contributed by atoms with Crippen LogP contribution in [0, 0.1) is 10.1 Å². The van der Waals surface area contributed by atoms with Gasteiger partial charge in [0.1, 0.15) is 5.69 Å². The maximum absolute atomic E-state index is 12.6. The fourth-order valence-electron chi connectivity index (χ4n) is 3.37. The van der Waals surface area contributed by atoms with Gasteiger partial charge in [0.25, 0.3) is 11.6 Å². The number of halogens is 1. The number of carbonyl (C=O) groups excluding carboxylic acids is 1. The summed E-state index contributed by atoms with van der Waals surface area (Å²) in [5.74, 6) is -0.158. The lowest BCUT2D eigenvalue weighted by Gasteiger charge is -2.24. The number of anilines is 1. The number of nitrogens with one attached hydrogen (secondary N) is 1. The molecule has 0 saturated carbocycles. The second-order valence-corrected chi connectivity index (χ2v) is 6.22. The van der Waals surface area contributed by atoms with Gasteiger partial charge in [-0.25, -0.2) is 0 Å². The van der Waals surface area contributed by atoms with Crippen molar-refractivity contribution in [3.8, 4) is 0 Å². The zero-order valence-corrected chi connectivity index (χ0v) is 14.6. The van der Waals surface area contributed by atoms with E-state index >= 15 is 0 Å². The minimum absolute atomic E-state index is 0. The summed E-state index contributed by atoms with van der Waals surface area (Å²) < 4.78 is 0. The SMILES string of the molecule is CN(C(=O)c1ccc(N2CCCC2)c([N+](=O)[O-])c1)C1CCNC1.Cl. The summed E-state index contributed by atoms with van der Waals surface area (Å²) in [6, 6.07) is 5.01. The van der Waals surface area contributed by atoms with Gasteiger partial charge in [0.2, 0.25) is 0 Å². The van der Waals surface area contributed by atoms with Crippen molar-refractivity contribution in [2.75, 3.05) is 38.1 Å². The Morgan fingerprint density at radius 1 is 1.38 bits per heavy atom. The van der Waals surface area contributed by atoms with E-state index in [1.54, 1.807) is 24.1 Å². The van der Waals surface area contributed by atoms with Crippen LogP contribution in [0.3, 0.4) is 0 Å². The van der Waals surface area contributed by atoms with E-state index in [-0.39, 0.29) is 35.0 Å². The quantitative estimate of drug-likeness (QED) is 0.661. The van der Waals surface area contributed by atoms with Crippen LogP contribution in [-0.2, 0) is 0 Å². The van der Waals surface area contributed by atoms with Crippen LogP contribution in [0.4, 0.5) is 11.4 Å². The van der Waals surface area contributed by atoms with Crippen molar-refractivity contribution in [3.63, 3.8) is 0 Å². The van der Waals surface area contributed by atoms with E-state index in [1.807, 2.05) is 4.90 Å². The molecule has 0 aromatic heterocycles. The number of nitro groups is 1. The highest BCUT2D eigenvalue weighted by Gasteiger charge is 2.27. The summed E-state index contributed by atoms with van der Waals surface area (Å²) in [4.78, 5) is 27.4. The Bertz CT molecular complexity index is 613. The highest BCUT2D eigenvalue weighted by molar-refractivity contribution is 5.96. The first-order chi connectivity index (χ1) is 11.1. The Balaban J connectivity index is 0.00000208. The van der Waals surface area contributed by atoms with E-state index in [4.69, 9.17) is 0 Å². The number of nitro benzene ring substituents is 1. The maximum atomic E-state index is 12.6. The van der Waals surface area contributed by atoms with Crippen LogP contribution >= 0.6 is 12.4 Å². The predicted octanol–water partition coefficient (Wildman–Crippen LogP) is 2.05. The van der Waals surface area contributed by atoms with Crippen LogP contribution in [-0.4, -0.2) is 55.0 Å². The molecule has 8 heteroatoms. The zero-order chi connectivity index (χ0) is 16.4. The first kappa shape index (κ1) is 18.5. The monoisotopic (exact) mass is 354 g/mol. The van der Waals surface area contributed by atoms with E-state index in [2.05, 4.69) is 5.32 Å². The molecule has 0 spiro atoms. The second-order valence-electron chi connectivity index (χ2n) is 6.22. The van der Waals surface area contributed by atoms with Crippen molar-refractivity contribution in [1.82, 2.24) is 10.2 Å². The Morgan fingerprint density at radius 3 is 2.67 bits per heavy atom. The standard InChI is InChI=1S/C16H22N4O3.ClH/c1-18(13-6-7-17-11-13)16(21)12-4-5-14(15(10-12)20(22)23)19-8-2-3-9-19;/h4-5,10,13,17H,2-3,6-9,11H2,1H3;1H. The smallest absolute Gasteiger partial charge is 0.293 e. The summed E-state index contributed by atoms with van der Waals surface area (Å²) >= 11 is 0. The average molecular weight is 355 g/mol. The Hall–Kier alpha value is -1.86. The number of amides is 1. The summed E-state index contributed by atoms with van der Waals surface area (Å²) in [7, 11) is 1.76. The molecule has 1 aromatic rings. The van der Waals surface area contributed by atoms with Gasteiger partial charge in [-0.05, 0) is 37.9 Å². The number of carbonyl (C=O) groups is 1. The van der Waals surface area contributed by atoms with Gasteiger partial charge in [-0.2, -0.15) is 0 Å². The molecule has 0 radical (unpaired) electrons. The third-order valence-electron chi connectivity index (χ3n) is 4.77. The fraction of sp³-hybridized carbons (Fsp3) is 0.562. The molecule has 1 amide bonds. The fourth-order valence-corrected chi connectivity index (χ4v) is 3.37. The van der Waals surface area contributed by atoms with Crippen LogP contribution in [0.25, 0.3) is 0 Å². The van der Waals surface area contributed by atoms with Gasteiger partial charge in [-0.1, -0.05) is 0 Å². The van der Waals surface area contributed by atoms with Gasteiger partial charge < -0.3 is 15.1 Å². The number of rotatable bonds is 4. The molecule has 0 aliphatic carbocycles. The van der Waals surface area contributed by atoms with Crippen molar-refractivity contribution in [2.45, 2.75) is 25.3 Å². The molecule has 2 saturated heterocycles. The Labute approximate surface area is 147 Å². The van der Waals surface area contributed by atoms with Gasteiger partial charge in [0.15, 0.2) is 0 Å². The molecule has 1 N–H and O–H groups in total. The maximum Gasteiger partial charge on any atom is 0.293 e. The normalized spacial score (nSPS) is 19.9. The van der Waals surface area contributed by atoms with Crippen molar-refractivity contribution >= 4 is 29.7 Å². The third-order valence-corrected chi connectivity index (χ3v) is 4.77. The Kier molecular flexibility index (Phi) is 6.01. The lowest BCUT2D eigenvalue weighted by Crippen LogP contribution is -2.38. The number of nitrogens with zero attached hydrogens (tertiary/aromatic N) is 3. The molecular formula is C16H23ClN4O3. The summed E-state index contributed by atoms with van der Waals surface area (Å²) in [5.41, 5.74) is 1.03. The van der Waals surface area contributed by atoms with Crippen molar-refractivity contribution < 1.29 is 9.72 Å². The van der Waals surface area contributed by atoms with Gasteiger partial charge in [-0.3, -0.25) is 14.9 Å². The van der Waals surface area contributed by atoms with Crippen LogP contribution in [0.15, 0.2) is 18.2 Å². The average Bonchev–Trinajstić information content (AvgIpc) is 3.25. The molecule has 1 aromatic carbocycles. The van der Waals surface area contributed by atoms with Gasteiger partial charge in [0, 0.05) is 44.4 Å². The molecule has 1 unspecified atom stereocenters. The largest absolute Gasteiger partial charge is 0.366 e. The molecule has 1 atom stereocenters. The minimum atomic E-state index is -0.387. The summed E-state index contributed by atoms with van der Waals surface area (Å²) in [6.45, 7) is 3.34. The van der Waals surface area contributed by atoms with Crippen molar-refractivity contribution in [3.05, 3.63) is 33.9 Å². The van der Waals surface area contributed by atoms with E-state index < -0.39 is 0 Å². The zero-order valence-electron chi connectivity index (χ0n) is 13.7. The van der Waals surface area contributed by atoms with Gasteiger partial charge in [0.05, 0.1) is 4.92 Å². The molecule has 7 nitrogen and oxygen atoms in total. The molecule has 2 heterocycles. The van der Waals surface area contributed by atoms with Crippen molar-refractivity contribution in [2.24, 2.45) is 0 Å². The van der Waals surface area contributed by atoms with Crippen LogP contribution in [0.2, 0.25) is 0 Å². The molecule has 2 aliphatic rings. The molecular weight excluding hydrogens is 332 g/mol. The van der Waals surface area contributed by atoms with E-state index in [9.17, 15) is 14.9 Å². The molecule has 2 fully saturated rings. The Morgan fingerprint density at radius 2 is 2.08 bits per heavy atom. The number of hydrogen-bond donors (Lipinski definition) is 1. The number of likely N-dealkylation sites (N-methyl/N-ethyl adjacent to an activating group) is 1. The second kappa shape index (κ2) is 7.81. The summed E-state index contributed by atoms with van der Waals surface area (Å²) in [5, 5.41) is 14.6. The number of benzene rings is 1. The van der Waals surface area contributed by atoms with Gasteiger partial charge in [-0.15, -0.1) is 12.4 Å². The van der Waals surface area contributed by atoms with E-state index in [1.165, 1.54) is 6.07 Å². The first-order valence-corrected chi connectivity index (χ1v) is 8.09. The van der Waals surface area contributed by atoms with Crippen LogP contribution < -0.4 is 10.2 Å². The van der Waals surface area contributed by atoms with Crippen molar-refractivity contribution in [1.29, 1.82) is 0 Å². The predicted molar refractivity (Wildman–Crippen MR) is 95.2 cm³/mol. The lowest BCUT2D eigenvalue weighted by molar-refractivity contribution is -0.384. The van der Waals surface area contributed by atoms with E-state index in [0.717, 1.165) is 45.4 Å².